The molecule has 0 fully saturated rings. The number of nitrogens with zero attached hydrogens (tertiary/aromatic N) is 3. The zero-order valence-electron chi connectivity index (χ0n) is 16.1. The van der Waals surface area contributed by atoms with Crippen molar-refractivity contribution in [2.45, 2.75) is 32.9 Å². The van der Waals surface area contributed by atoms with E-state index in [-0.39, 0.29) is 5.56 Å². The number of hydrogen-bond acceptors (Lipinski definition) is 3. The van der Waals surface area contributed by atoms with Crippen molar-refractivity contribution in [1.29, 1.82) is 0 Å². The Morgan fingerprint density at radius 3 is 2.33 bits per heavy atom. The summed E-state index contributed by atoms with van der Waals surface area (Å²) in [5.41, 5.74) is 3.86. The standard InChI is InChI=1S/C23H27N3O/c1-19-17-22(21-13-7-4-8-14-21)23(27)26(24-19)16-10-9-15-25(2)18-20-11-5-3-6-12-20/h3-8,11-14,17H,9-10,15-16,18H2,1-2H3. The highest BCUT2D eigenvalue weighted by atomic mass is 16.1. The second kappa shape index (κ2) is 9.28. The maximum Gasteiger partial charge on any atom is 0.274 e. The Kier molecular flexibility index (Phi) is 6.55. The number of hydrogen-bond donors (Lipinski definition) is 0. The van der Waals surface area contributed by atoms with Gasteiger partial charge in [0, 0.05) is 13.1 Å². The molecule has 0 amide bonds. The van der Waals surface area contributed by atoms with Crippen LogP contribution < -0.4 is 5.56 Å². The Balaban J connectivity index is 1.57. The number of unbranched alkanes of at least 4 members (excludes halogenated alkanes) is 1. The highest BCUT2D eigenvalue weighted by Crippen LogP contribution is 2.15. The molecule has 3 rings (SSSR count). The molecule has 0 spiro atoms. The van der Waals surface area contributed by atoms with Crippen LogP contribution in [0.3, 0.4) is 0 Å². The van der Waals surface area contributed by atoms with E-state index in [1.165, 1.54) is 5.56 Å². The Morgan fingerprint density at radius 1 is 0.963 bits per heavy atom. The van der Waals surface area contributed by atoms with Crippen molar-refractivity contribution in [3.63, 3.8) is 0 Å². The summed E-state index contributed by atoms with van der Waals surface area (Å²) < 4.78 is 1.62. The van der Waals surface area contributed by atoms with Crippen LogP contribution in [0.4, 0.5) is 0 Å². The van der Waals surface area contributed by atoms with Crippen molar-refractivity contribution in [2.24, 2.45) is 0 Å². The van der Waals surface area contributed by atoms with E-state index in [9.17, 15) is 4.79 Å². The Morgan fingerprint density at radius 2 is 1.63 bits per heavy atom. The fraction of sp³-hybridized carbons (Fsp3) is 0.304. The third-order valence-electron chi connectivity index (χ3n) is 4.64. The van der Waals surface area contributed by atoms with Crippen molar-refractivity contribution in [3.8, 4) is 11.1 Å². The summed E-state index contributed by atoms with van der Waals surface area (Å²) in [5, 5.41) is 4.43. The van der Waals surface area contributed by atoms with E-state index in [0.29, 0.717) is 6.54 Å². The molecule has 0 aliphatic heterocycles. The summed E-state index contributed by atoms with van der Waals surface area (Å²) in [6.45, 7) is 4.54. The van der Waals surface area contributed by atoms with Gasteiger partial charge in [-0.25, -0.2) is 4.68 Å². The van der Waals surface area contributed by atoms with Gasteiger partial charge in [-0.1, -0.05) is 60.7 Å². The summed E-state index contributed by atoms with van der Waals surface area (Å²) in [4.78, 5) is 15.1. The second-order valence-corrected chi connectivity index (χ2v) is 7.02. The van der Waals surface area contributed by atoms with Gasteiger partial charge in [0.25, 0.3) is 5.56 Å². The van der Waals surface area contributed by atoms with E-state index in [1.807, 2.05) is 49.4 Å². The van der Waals surface area contributed by atoms with Gasteiger partial charge < -0.3 is 4.90 Å². The van der Waals surface area contributed by atoms with Gasteiger partial charge in [-0.15, -0.1) is 0 Å². The Labute approximate surface area is 161 Å². The first-order valence-electron chi connectivity index (χ1n) is 9.50. The predicted molar refractivity (Wildman–Crippen MR) is 111 cm³/mol. The molecule has 0 unspecified atom stereocenters. The van der Waals surface area contributed by atoms with Crippen LogP contribution in [-0.2, 0) is 13.1 Å². The lowest BCUT2D eigenvalue weighted by molar-refractivity contribution is 0.313. The third kappa shape index (κ3) is 5.38. The summed E-state index contributed by atoms with van der Waals surface area (Å²) in [6, 6.07) is 22.2. The molecule has 0 aliphatic carbocycles. The van der Waals surface area contributed by atoms with Crippen LogP contribution in [0.5, 0.6) is 0 Å². The fourth-order valence-corrected chi connectivity index (χ4v) is 3.27. The van der Waals surface area contributed by atoms with Crippen LogP contribution in [0, 0.1) is 6.92 Å². The molecule has 3 aromatic rings. The summed E-state index contributed by atoms with van der Waals surface area (Å²) in [5.74, 6) is 0. The largest absolute Gasteiger partial charge is 0.302 e. The Hall–Kier alpha value is -2.72. The van der Waals surface area contributed by atoms with Crippen LogP contribution >= 0.6 is 0 Å². The molecule has 2 aromatic carbocycles. The zero-order chi connectivity index (χ0) is 19.1. The normalized spacial score (nSPS) is 11.1. The van der Waals surface area contributed by atoms with Gasteiger partial charge in [-0.2, -0.15) is 5.10 Å². The first-order valence-corrected chi connectivity index (χ1v) is 9.50. The van der Waals surface area contributed by atoms with E-state index in [1.54, 1.807) is 4.68 Å². The summed E-state index contributed by atoms with van der Waals surface area (Å²) >= 11 is 0. The number of aromatic nitrogens is 2. The molecule has 0 aliphatic rings. The minimum absolute atomic E-state index is 0.00978. The van der Waals surface area contributed by atoms with Gasteiger partial charge >= 0.3 is 0 Å². The maximum atomic E-state index is 12.8. The summed E-state index contributed by atoms with van der Waals surface area (Å²) in [7, 11) is 2.14. The van der Waals surface area contributed by atoms with Gasteiger partial charge in [0.05, 0.1) is 11.3 Å². The molecule has 0 radical (unpaired) electrons. The number of rotatable bonds is 8. The molecule has 0 atom stereocenters. The van der Waals surface area contributed by atoms with Gasteiger partial charge in [0.2, 0.25) is 0 Å². The third-order valence-corrected chi connectivity index (χ3v) is 4.64. The lowest BCUT2D eigenvalue weighted by Gasteiger charge is -2.16. The molecule has 0 saturated heterocycles. The average molecular weight is 361 g/mol. The first-order chi connectivity index (χ1) is 13.1. The van der Waals surface area contributed by atoms with Gasteiger partial charge in [0.15, 0.2) is 0 Å². The molecular formula is C23H27N3O. The monoisotopic (exact) mass is 361 g/mol. The van der Waals surface area contributed by atoms with Gasteiger partial charge in [0.1, 0.15) is 0 Å². The van der Waals surface area contributed by atoms with Crippen molar-refractivity contribution in [2.75, 3.05) is 13.6 Å². The van der Waals surface area contributed by atoms with Gasteiger partial charge in [-0.05, 0) is 50.6 Å². The predicted octanol–water partition coefficient (Wildman–Crippen LogP) is 4.13. The maximum absolute atomic E-state index is 12.8. The summed E-state index contributed by atoms with van der Waals surface area (Å²) in [6.07, 6.45) is 1.97. The molecule has 0 N–H and O–H groups in total. The number of benzene rings is 2. The molecule has 0 bridgehead atoms. The van der Waals surface area contributed by atoms with Crippen LogP contribution in [0.25, 0.3) is 11.1 Å². The molecule has 1 aromatic heterocycles. The second-order valence-electron chi connectivity index (χ2n) is 7.02. The minimum Gasteiger partial charge on any atom is -0.302 e. The van der Waals surface area contributed by atoms with Gasteiger partial charge in [-0.3, -0.25) is 4.79 Å². The van der Waals surface area contributed by atoms with E-state index in [4.69, 9.17) is 0 Å². The van der Waals surface area contributed by atoms with E-state index >= 15 is 0 Å². The molecule has 140 valence electrons. The van der Waals surface area contributed by atoms with Crippen LogP contribution in [0.15, 0.2) is 71.5 Å². The fourth-order valence-electron chi connectivity index (χ4n) is 3.27. The number of aryl methyl sites for hydroxylation is 2. The molecule has 4 nitrogen and oxygen atoms in total. The lowest BCUT2D eigenvalue weighted by Crippen LogP contribution is -2.26. The van der Waals surface area contributed by atoms with Crippen molar-refractivity contribution in [1.82, 2.24) is 14.7 Å². The molecule has 1 heterocycles. The molecule has 27 heavy (non-hydrogen) atoms. The SMILES string of the molecule is Cc1cc(-c2ccccc2)c(=O)n(CCCCN(C)Cc2ccccc2)n1. The van der Waals surface area contributed by atoms with E-state index in [2.05, 4.69) is 41.3 Å². The van der Waals surface area contributed by atoms with Crippen LogP contribution in [0.2, 0.25) is 0 Å². The first kappa shape index (κ1) is 19.1. The van der Waals surface area contributed by atoms with Crippen LogP contribution in [-0.4, -0.2) is 28.3 Å². The average Bonchev–Trinajstić information content (AvgIpc) is 2.69. The lowest BCUT2D eigenvalue weighted by atomic mass is 10.1. The van der Waals surface area contributed by atoms with E-state index in [0.717, 1.165) is 42.8 Å². The van der Waals surface area contributed by atoms with E-state index < -0.39 is 0 Å². The quantitative estimate of drug-likeness (QED) is 0.566. The topological polar surface area (TPSA) is 38.1 Å². The minimum atomic E-state index is -0.00978. The highest BCUT2D eigenvalue weighted by Gasteiger charge is 2.09. The molecular weight excluding hydrogens is 334 g/mol. The molecule has 4 heteroatoms. The van der Waals surface area contributed by atoms with Crippen LogP contribution in [0.1, 0.15) is 24.1 Å². The smallest absolute Gasteiger partial charge is 0.274 e. The zero-order valence-corrected chi connectivity index (χ0v) is 16.1. The molecule has 0 saturated carbocycles. The van der Waals surface area contributed by atoms with Crippen molar-refractivity contribution >= 4 is 0 Å². The highest BCUT2D eigenvalue weighted by molar-refractivity contribution is 5.62. The Bertz CT molecular complexity index is 904. The van der Waals surface area contributed by atoms with Crippen molar-refractivity contribution < 1.29 is 0 Å². The van der Waals surface area contributed by atoms with Crippen molar-refractivity contribution in [3.05, 3.63) is 88.3 Å².